The predicted molar refractivity (Wildman–Crippen MR) is 119 cm³/mol. The highest BCUT2D eigenvalue weighted by Crippen LogP contribution is 2.35. The van der Waals surface area contributed by atoms with Gasteiger partial charge in [-0.25, -0.2) is 16.8 Å². The van der Waals surface area contributed by atoms with E-state index in [4.69, 9.17) is 0 Å². The van der Waals surface area contributed by atoms with E-state index in [1.54, 1.807) is 0 Å². The fourth-order valence-electron chi connectivity index (χ4n) is 3.50. The molecule has 0 N–H and O–H groups in total. The molecule has 1 aromatic heterocycles. The van der Waals surface area contributed by atoms with Crippen LogP contribution in [0.5, 0.6) is 11.5 Å². The Bertz CT molecular complexity index is 1570. The summed E-state index contributed by atoms with van der Waals surface area (Å²) in [5.41, 5.74) is 0. The number of aromatic nitrogens is 1. The van der Waals surface area contributed by atoms with E-state index in [2.05, 4.69) is 14.5 Å². The Morgan fingerprint density at radius 1 is 0.553 bits per heavy atom. The second-order valence-electron chi connectivity index (χ2n) is 7.53. The van der Waals surface area contributed by atoms with E-state index in [9.17, 15) is 43.2 Å². The van der Waals surface area contributed by atoms with Crippen LogP contribution in [-0.4, -0.2) is 34.5 Å². The third-order valence-electron chi connectivity index (χ3n) is 5.05. The van der Waals surface area contributed by atoms with Crippen molar-refractivity contribution in [1.82, 2.24) is 4.98 Å². The molecule has 0 atom stereocenters. The van der Waals surface area contributed by atoms with Crippen LogP contribution in [0.2, 0.25) is 0 Å². The molecule has 38 heavy (non-hydrogen) atoms. The lowest BCUT2D eigenvalue weighted by atomic mass is 10.2. The maximum atomic E-state index is 13.3. The standard InChI is InChI=1S/C23H13F6NO6S2/c24-22(25,26)35-14-1-5-16(6-2-14)37(31,32)20-9-10-21(19-13-30-12-11-18(19)20)38(33,34)17-7-3-15(4-8-17)36-23(27,28)29/h1-13H. The van der Waals surface area contributed by atoms with E-state index in [1.807, 2.05) is 0 Å². The molecule has 4 aromatic rings. The molecular weight excluding hydrogens is 564 g/mol. The molecule has 0 saturated heterocycles. The number of halogens is 6. The summed E-state index contributed by atoms with van der Waals surface area (Å²) in [5.74, 6) is -1.28. The molecule has 0 unspecified atom stereocenters. The SMILES string of the molecule is O=S(=O)(c1ccc(OC(F)(F)F)cc1)c1ccc(S(=O)(=O)c2ccc(OC(F)(F)F)cc2)c2cnccc12. The van der Waals surface area contributed by atoms with Crippen molar-refractivity contribution in [2.24, 2.45) is 0 Å². The molecule has 4 rings (SSSR count). The number of nitrogens with zero attached hydrogens (tertiary/aromatic N) is 1. The van der Waals surface area contributed by atoms with Gasteiger partial charge in [0.1, 0.15) is 11.5 Å². The molecule has 0 bridgehead atoms. The quantitative estimate of drug-likeness (QED) is 0.271. The van der Waals surface area contributed by atoms with E-state index in [1.165, 1.54) is 12.3 Å². The van der Waals surface area contributed by atoms with Gasteiger partial charge in [-0.15, -0.1) is 26.3 Å². The van der Waals surface area contributed by atoms with Gasteiger partial charge in [-0.05, 0) is 66.7 Å². The number of alkyl halides is 6. The first-order chi connectivity index (χ1) is 17.6. The van der Waals surface area contributed by atoms with E-state index >= 15 is 0 Å². The number of pyridine rings is 1. The van der Waals surface area contributed by atoms with Crippen LogP contribution in [0.4, 0.5) is 26.3 Å². The van der Waals surface area contributed by atoms with Crippen LogP contribution in [0.3, 0.4) is 0 Å². The summed E-state index contributed by atoms with van der Waals surface area (Å²) < 4.78 is 135. The molecule has 7 nitrogen and oxygen atoms in total. The molecule has 1 heterocycles. The highest BCUT2D eigenvalue weighted by Gasteiger charge is 2.32. The fraction of sp³-hybridized carbons (Fsp3) is 0.0870. The molecule has 0 spiro atoms. The molecule has 200 valence electrons. The Kier molecular flexibility index (Phi) is 6.78. The second kappa shape index (κ2) is 9.47. The van der Waals surface area contributed by atoms with Crippen LogP contribution in [0.1, 0.15) is 0 Å². The molecule has 0 saturated carbocycles. The van der Waals surface area contributed by atoms with Gasteiger partial charge in [0.25, 0.3) is 0 Å². The zero-order chi connectivity index (χ0) is 27.9. The van der Waals surface area contributed by atoms with Crippen molar-refractivity contribution >= 4 is 30.4 Å². The molecule has 15 heteroatoms. The predicted octanol–water partition coefficient (Wildman–Crippen LogP) is 5.70. The number of benzene rings is 3. The topological polar surface area (TPSA) is 99.6 Å². The van der Waals surface area contributed by atoms with Gasteiger partial charge in [-0.1, -0.05) is 0 Å². The lowest BCUT2D eigenvalue weighted by Crippen LogP contribution is -2.17. The highest BCUT2D eigenvalue weighted by molar-refractivity contribution is 7.92. The smallest absolute Gasteiger partial charge is 0.406 e. The average molecular weight is 577 g/mol. The van der Waals surface area contributed by atoms with Crippen LogP contribution < -0.4 is 9.47 Å². The van der Waals surface area contributed by atoms with Crippen molar-refractivity contribution in [3.63, 3.8) is 0 Å². The van der Waals surface area contributed by atoms with Crippen LogP contribution in [0, 0.1) is 0 Å². The molecule has 3 aromatic carbocycles. The number of ether oxygens (including phenoxy) is 2. The number of sulfone groups is 2. The summed E-state index contributed by atoms with van der Waals surface area (Å²) in [6.45, 7) is 0. The Hall–Kier alpha value is -3.85. The molecule has 0 radical (unpaired) electrons. The van der Waals surface area contributed by atoms with Gasteiger partial charge in [0.2, 0.25) is 19.7 Å². The molecule has 0 fully saturated rings. The van der Waals surface area contributed by atoms with Gasteiger partial charge < -0.3 is 9.47 Å². The largest absolute Gasteiger partial charge is 0.573 e. The third kappa shape index (κ3) is 5.67. The van der Waals surface area contributed by atoms with Crippen molar-refractivity contribution in [2.45, 2.75) is 32.3 Å². The van der Waals surface area contributed by atoms with E-state index < -0.39 is 48.8 Å². The fourth-order valence-corrected chi connectivity index (χ4v) is 6.41. The Morgan fingerprint density at radius 3 is 1.34 bits per heavy atom. The molecular formula is C23H13F6NO6S2. The first-order valence-corrected chi connectivity index (χ1v) is 13.1. The maximum Gasteiger partial charge on any atom is 0.573 e. The lowest BCUT2D eigenvalue weighted by Gasteiger charge is -2.14. The van der Waals surface area contributed by atoms with Gasteiger partial charge in [0.05, 0.1) is 19.6 Å². The van der Waals surface area contributed by atoms with Crippen LogP contribution >= 0.6 is 0 Å². The minimum Gasteiger partial charge on any atom is -0.406 e. The zero-order valence-corrected chi connectivity index (χ0v) is 20.1. The van der Waals surface area contributed by atoms with Crippen molar-refractivity contribution < 1.29 is 52.7 Å². The van der Waals surface area contributed by atoms with Crippen molar-refractivity contribution in [1.29, 1.82) is 0 Å². The number of rotatable bonds is 6. The minimum absolute atomic E-state index is 0.0614. The summed E-state index contributed by atoms with van der Waals surface area (Å²) in [5, 5.41) is -0.171. The molecule has 0 aliphatic rings. The van der Waals surface area contributed by atoms with Crippen LogP contribution in [0.25, 0.3) is 10.8 Å². The van der Waals surface area contributed by atoms with Crippen molar-refractivity contribution in [2.75, 3.05) is 0 Å². The summed E-state index contributed by atoms with van der Waals surface area (Å²) in [6.07, 6.45) is -7.64. The van der Waals surface area contributed by atoms with Crippen LogP contribution in [-0.2, 0) is 19.7 Å². The van der Waals surface area contributed by atoms with Gasteiger partial charge in [-0.2, -0.15) is 0 Å². The summed E-state index contributed by atoms with van der Waals surface area (Å²) >= 11 is 0. The van der Waals surface area contributed by atoms with E-state index in [0.717, 1.165) is 66.9 Å². The van der Waals surface area contributed by atoms with Gasteiger partial charge in [-0.3, -0.25) is 4.98 Å². The molecule has 0 aliphatic heterocycles. The summed E-state index contributed by atoms with van der Waals surface area (Å²) in [7, 11) is -8.73. The first-order valence-electron chi connectivity index (χ1n) is 10.2. The minimum atomic E-state index is -4.98. The zero-order valence-electron chi connectivity index (χ0n) is 18.5. The van der Waals surface area contributed by atoms with Gasteiger partial charge in [0, 0.05) is 23.2 Å². The summed E-state index contributed by atoms with van der Waals surface area (Å²) in [4.78, 5) is 2.33. The molecule has 0 aliphatic carbocycles. The van der Waals surface area contributed by atoms with Crippen molar-refractivity contribution in [3.05, 3.63) is 79.1 Å². The Morgan fingerprint density at radius 2 is 0.947 bits per heavy atom. The Balaban J connectivity index is 1.76. The average Bonchev–Trinajstić information content (AvgIpc) is 2.82. The normalized spacial score (nSPS) is 12.9. The first kappa shape index (κ1) is 27.2. The highest BCUT2D eigenvalue weighted by atomic mass is 32.2. The van der Waals surface area contributed by atoms with E-state index in [0.29, 0.717) is 0 Å². The number of hydrogen-bond donors (Lipinski definition) is 0. The monoisotopic (exact) mass is 577 g/mol. The summed E-state index contributed by atoms with van der Waals surface area (Å²) in [6, 6.07) is 10.1. The third-order valence-corrected chi connectivity index (χ3v) is 8.71. The van der Waals surface area contributed by atoms with E-state index in [-0.39, 0.29) is 25.5 Å². The number of hydrogen-bond acceptors (Lipinski definition) is 7. The molecule has 0 amide bonds. The Labute approximate surface area is 211 Å². The number of fused-ring (bicyclic) bond motifs is 1. The van der Waals surface area contributed by atoms with Gasteiger partial charge >= 0.3 is 12.7 Å². The van der Waals surface area contributed by atoms with Crippen LogP contribution in [0.15, 0.2) is 98.7 Å². The second-order valence-corrected chi connectivity index (χ2v) is 11.4. The maximum absolute atomic E-state index is 13.3. The van der Waals surface area contributed by atoms with Gasteiger partial charge in [0.15, 0.2) is 0 Å². The lowest BCUT2D eigenvalue weighted by molar-refractivity contribution is -0.275. The van der Waals surface area contributed by atoms with Crippen molar-refractivity contribution in [3.8, 4) is 11.5 Å².